The van der Waals surface area contributed by atoms with Crippen LogP contribution in [0.25, 0.3) is 11.5 Å². The van der Waals surface area contributed by atoms with Crippen LogP contribution < -0.4 is 20.5 Å². The Morgan fingerprint density at radius 3 is 2.59 bits per heavy atom. The SMILES string of the molecule is C[C@H](N)c1oc(-c2ccc(OC(F)F)c(OCC3CC3)c2)nc1C(=O)Nc1c(Cl)cncc1Cl. The summed E-state index contributed by atoms with van der Waals surface area (Å²) < 4.78 is 41.7. The fraction of sp³-hybridized carbons (Fsp3) is 0.318. The van der Waals surface area contributed by atoms with E-state index in [-0.39, 0.29) is 44.6 Å². The summed E-state index contributed by atoms with van der Waals surface area (Å²) in [6.07, 6.45) is 4.70. The van der Waals surface area contributed by atoms with Gasteiger partial charge in [-0.3, -0.25) is 9.78 Å². The van der Waals surface area contributed by atoms with Gasteiger partial charge in [0.15, 0.2) is 23.0 Å². The maximum atomic E-state index is 13.0. The Bertz CT molecular complexity index is 1180. The van der Waals surface area contributed by atoms with E-state index in [0.29, 0.717) is 18.1 Å². The molecule has 12 heteroatoms. The normalized spacial score (nSPS) is 14.2. The Balaban J connectivity index is 1.66. The Morgan fingerprint density at radius 1 is 1.26 bits per heavy atom. The molecule has 3 N–H and O–H groups in total. The van der Waals surface area contributed by atoms with Crippen LogP contribution in [0.4, 0.5) is 14.5 Å². The molecule has 1 aromatic carbocycles. The Hall–Kier alpha value is -2.95. The van der Waals surface area contributed by atoms with Crippen LogP contribution in [-0.2, 0) is 0 Å². The second-order valence-electron chi connectivity index (χ2n) is 7.75. The number of nitrogens with one attached hydrogen (secondary N) is 1. The van der Waals surface area contributed by atoms with Crippen molar-refractivity contribution in [2.75, 3.05) is 11.9 Å². The molecule has 0 saturated heterocycles. The van der Waals surface area contributed by atoms with Gasteiger partial charge in [-0.05, 0) is 43.9 Å². The number of alkyl halides is 2. The lowest BCUT2D eigenvalue weighted by molar-refractivity contribution is -0.0515. The molecule has 0 aliphatic heterocycles. The van der Waals surface area contributed by atoms with E-state index < -0.39 is 18.6 Å². The first-order chi connectivity index (χ1) is 16.2. The number of carbonyl (C=O) groups excluding carboxylic acids is 1. The molecule has 4 rings (SSSR count). The number of hydrogen-bond donors (Lipinski definition) is 2. The lowest BCUT2D eigenvalue weighted by atomic mass is 10.2. The topological polar surface area (TPSA) is 113 Å². The Labute approximate surface area is 203 Å². The van der Waals surface area contributed by atoms with Crippen LogP contribution in [-0.4, -0.2) is 29.1 Å². The highest BCUT2D eigenvalue weighted by atomic mass is 35.5. The number of anilines is 1. The number of carbonyl (C=O) groups is 1. The molecular weight excluding hydrogens is 493 g/mol. The van der Waals surface area contributed by atoms with Crippen LogP contribution in [0.1, 0.15) is 42.1 Å². The van der Waals surface area contributed by atoms with Crippen LogP contribution in [0, 0.1) is 5.92 Å². The molecule has 1 fully saturated rings. The third-order valence-corrected chi connectivity index (χ3v) is 5.53. The first-order valence-corrected chi connectivity index (χ1v) is 11.1. The van der Waals surface area contributed by atoms with Crippen molar-refractivity contribution in [1.29, 1.82) is 0 Å². The summed E-state index contributed by atoms with van der Waals surface area (Å²) in [7, 11) is 0. The Kier molecular flexibility index (Phi) is 7.20. The first-order valence-electron chi connectivity index (χ1n) is 10.3. The molecule has 180 valence electrons. The second kappa shape index (κ2) is 10.1. The van der Waals surface area contributed by atoms with E-state index >= 15 is 0 Å². The third-order valence-electron chi connectivity index (χ3n) is 4.95. The van der Waals surface area contributed by atoms with Crippen molar-refractivity contribution < 1.29 is 27.5 Å². The molecule has 3 aromatic rings. The summed E-state index contributed by atoms with van der Waals surface area (Å²) >= 11 is 12.2. The number of halogens is 4. The number of aromatic nitrogens is 2. The molecule has 0 spiro atoms. The summed E-state index contributed by atoms with van der Waals surface area (Å²) in [4.78, 5) is 21.1. The number of amides is 1. The lowest BCUT2D eigenvalue weighted by Crippen LogP contribution is -2.17. The largest absolute Gasteiger partial charge is 0.489 e. The van der Waals surface area contributed by atoms with E-state index in [1.165, 1.54) is 30.6 Å². The molecule has 0 radical (unpaired) electrons. The number of ether oxygens (including phenoxy) is 2. The number of rotatable bonds is 9. The van der Waals surface area contributed by atoms with Gasteiger partial charge < -0.3 is 24.9 Å². The van der Waals surface area contributed by atoms with E-state index in [1.54, 1.807) is 6.92 Å². The monoisotopic (exact) mass is 512 g/mol. The summed E-state index contributed by atoms with van der Waals surface area (Å²) in [6, 6.07) is 3.58. The molecule has 1 atom stereocenters. The number of hydrogen-bond acceptors (Lipinski definition) is 7. The quantitative estimate of drug-likeness (QED) is 0.377. The number of nitrogens with two attached hydrogens (primary N) is 1. The van der Waals surface area contributed by atoms with Gasteiger partial charge in [0.05, 0.1) is 28.4 Å². The van der Waals surface area contributed by atoms with Crippen LogP contribution in [0.3, 0.4) is 0 Å². The summed E-state index contributed by atoms with van der Waals surface area (Å²) in [5, 5.41) is 2.86. The van der Waals surface area contributed by atoms with E-state index in [2.05, 4.69) is 20.0 Å². The van der Waals surface area contributed by atoms with E-state index in [0.717, 1.165) is 12.8 Å². The molecule has 0 bridgehead atoms. The van der Waals surface area contributed by atoms with Crippen molar-refractivity contribution in [3.63, 3.8) is 0 Å². The van der Waals surface area contributed by atoms with Gasteiger partial charge >= 0.3 is 6.61 Å². The van der Waals surface area contributed by atoms with Gasteiger partial charge in [-0.1, -0.05) is 23.2 Å². The smallest absolute Gasteiger partial charge is 0.387 e. The summed E-state index contributed by atoms with van der Waals surface area (Å²) in [6.45, 7) is -1.01. The highest BCUT2D eigenvalue weighted by molar-refractivity contribution is 6.39. The van der Waals surface area contributed by atoms with Gasteiger partial charge in [0.2, 0.25) is 5.89 Å². The summed E-state index contributed by atoms with van der Waals surface area (Å²) in [5.74, 6) is -0.104. The van der Waals surface area contributed by atoms with Crippen molar-refractivity contribution in [3.05, 3.63) is 52.1 Å². The molecule has 34 heavy (non-hydrogen) atoms. The van der Waals surface area contributed by atoms with Crippen LogP contribution in [0.15, 0.2) is 35.0 Å². The van der Waals surface area contributed by atoms with Crippen molar-refractivity contribution >= 4 is 34.8 Å². The standard InChI is InChI=1S/C22H20Cl2F2N4O4/c1-10(27)19-18(20(31)29-17-13(23)7-28-8-14(17)24)30-21(34-19)12-4-5-15(33-22(25)26)16(6-12)32-9-11-2-3-11/h4-8,10-11,22H,2-3,9,27H2,1H3,(H,28,29,31)/t10-/m0/s1. The highest BCUT2D eigenvalue weighted by Gasteiger charge is 2.26. The zero-order chi connectivity index (χ0) is 24.4. The van der Waals surface area contributed by atoms with E-state index in [1.807, 2.05) is 0 Å². The van der Waals surface area contributed by atoms with Gasteiger partial charge in [0.25, 0.3) is 5.91 Å². The maximum absolute atomic E-state index is 13.0. The Morgan fingerprint density at radius 2 is 1.97 bits per heavy atom. The zero-order valence-electron chi connectivity index (χ0n) is 17.9. The van der Waals surface area contributed by atoms with Gasteiger partial charge in [0, 0.05) is 18.0 Å². The maximum Gasteiger partial charge on any atom is 0.387 e. The van der Waals surface area contributed by atoms with Crippen LogP contribution in [0.5, 0.6) is 11.5 Å². The molecule has 1 saturated carbocycles. The summed E-state index contributed by atoms with van der Waals surface area (Å²) in [5.41, 5.74) is 6.45. The first kappa shape index (κ1) is 24.2. The second-order valence-corrected chi connectivity index (χ2v) is 8.56. The number of benzene rings is 1. The molecule has 2 heterocycles. The minimum Gasteiger partial charge on any atom is -0.489 e. The third kappa shape index (κ3) is 5.57. The van der Waals surface area contributed by atoms with Crippen molar-refractivity contribution in [2.24, 2.45) is 11.7 Å². The number of pyridine rings is 1. The molecule has 8 nitrogen and oxygen atoms in total. The van der Waals surface area contributed by atoms with Gasteiger partial charge in [-0.2, -0.15) is 8.78 Å². The highest BCUT2D eigenvalue weighted by Crippen LogP contribution is 2.37. The van der Waals surface area contributed by atoms with E-state index in [4.69, 9.17) is 38.1 Å². The van der Waals surface area contributed by atoms with E-state index in [9.17, 15) is 13.6 Å². The van der Waals surface area contributed by atoms with Crippen LogP contribution in [0.2, 0.25) is 10.0 Å². The van der Waals surface area contributed by atoms with Gasteiger partial charge in [0.1, 0.15) is 0 Å². The average Bonchev–Trinajstić information content (AvgIpc) is 3.50. The fourth-order valence-electron chi connectivity index (χ4n) is 3.07. The minimum absolute atomic E-state index is 0.0456. The van der Waals surface area contributed by atoms with Gasteiger partial charge in [-0.15, -0.1) is 0 Å². The molecule has 1 aliphatic rings. The molecule has 1 aliphatic carbocycles. The number of nitrogens with zero attached hydrogens (tertiary/aromatic N) is 2. The molecular formula is C22H20Cl2F2N4O4. The fourth-order valence-corrected chi connectivity index (χ4v) is 3.53. The van der Waals surface area contributed by atoms with Crippen molar-refractivity contribution in [2.45, 2.75) is 32.4 Å². The molecule has 0 unspecified atom stereocenters. The van der Waals surface area contributed by atoms with Crippen LogP contribution >= 0.6 is 23.2 Å². The van der Waals surface area contributed by atoms with Gasteiger partial charge in [-0.25, -0.2) is 4.98 Å². The lowest BCUT2D eigenvalue weighted by Gasteiger charge is -2.12. The number of oxazole rings is 1. The van der Waals surface area contributed by atoms with Crippen molar-refractivity contribution in [1.82, 2.24) is 9.97 Å². The minimum atomic E-state index is -3.01. The predicted molar refractivity (Wildman–Crippen MR) is 122 cm³/mol. The predicted octanol–water partition coefficient (Wildman–Crippen LogP) is 5.71. The average molecular weight is 513 g/mol. The molecule has 1 amide bonds. The zero-order valence-corrected chi connectivity index (χ0v) is 19.4. The van der Waals surface area contributed by atoms with Crippen molar-refractivity contribution in [3.8, 4) is 23.0 Å². The molecule has 2 aromatic heterocycles.